The van der Waals surface area contributed by atoms with Crippen LogP contribution in [0.15, 0.2) is 108 Å². The number of hydrogen-bond donors (Lipinski definition) is 2. The molecule has 3 aromatic heterocycles. The maximum absolute atomic E-state index is 15.0. The normalized spacial score (nSPS) is 14.3. The molecule has 0 aliphatic carbocycles. The number of thiophene rings is 1. The van der Waals surface area contributed by atoms with Crippen LogP contribution < -0.4 is 5.32 Å². The number of aromatic nitrogens is 2. The number of pyridine rings is 1. The second-order valence-electron chi connectivity index (χ2n) is 14.1. The number of carbonyl (C=O) groups excluding carboxylic acids is 2. The molecule has 0 spiro atoms. The minimum absolute atomic E-state index is 0.0331. The minimum Gasteiger partial charge on any atom is -0.453 e. The lowest BCUT2D eigenvalue weighted by molar-refractivity contribution is -0.156. The zero-order valence-electron chi connectivity index (χ0n) is 30.2. The number of hydrogen-bond acceptors (Lipinski definition) is 8. The highest BCUT2D eigenvalue weighted by atomic mass is 32.2. The number of nitrogens with one attached hydrogen (secondary N) is 1. The van der Waals surface area contributed by atoms with Gasteiger partial charge in [-0.3, -0.25) is 4.79 Å². The van der Waals surface area contributed by atoms with Crippen LogP contribution in [0.5, 0.6) is 0 Å². The zero-order valence-corrected chi connectivity index (χ0v) is 31.9. The highest BCUT2D eigenvalue weighted by Gasteiger charge is 2.46. The van der Waals surface area contributed by atoms with Gasteiger partial charge >= 0.3 is 12.3 Å². The Hall–Kier alpha value is -4.57. The second kappa shape index (κ2) is 16.8. The summed E-state index contributed by atoms with van der Waals surface area (Å²) < 4.78 is 80.9. The van der Waals surface area contributed by atoms with Crippen molar-refractivity contribution in [3.05, 3.63) is 124 Å². The molecule has 3 heterocycles. The minimum atomic E-state index is -4.91. The number of methoxy groups -OCH3 is 1. The summed E-state index contributed by atoms with van der Waals surface area (Å²) in [4.78, 5) is 30.7. The van der Waals surface area contributed by atoms with Crippen molar-refractivity contribution in [3.8, 4) is 0 Å². The van der Waals surface area contributed by atoms with E-state index in [9.17, 15) is 36.3 Å². The number of benzene rings is 2. The average molecular weight is 785 g/mol. The first-order chi connectivity index (χ1) is 25.5. The van der Waals surface area contributed by atoms with Gasteiger partial charge in [0.05, 0.1) is 30.6 Å². The number of sulfonamides is 1. The number of nitrogens with zero attached hydrogens (tertiary/aromatic N) is 3. The molecule has 0 aliphatic rings. The Morgan fingerprint density at radius 1 is 0.944 bits per heavy atom. The molecule has 10 nitrogen and oxygen atoms in total. The molecule has 0 fully saturated rings. The average Bonchev–Trinajstić information content (AvgIpc) is 3.81. The maximum atomic E-state index is 15.0. The van der Waals surface area contributed by atoms with E-state index in [0.29, 0.717) is 34.5 Å². The number of carbonyl (C=O) groups is 2. The molecule has 2 N–H and O–H groups in total. The van der Waals surface area contributed by atoms with Crippen LogP contribution in [0.25, 0.3) is 5.65 Å². The molecule has 3 atom stereocenters. The first kappa shape index (κ1) is 40.6. The van der Waals surface area contributed by atoms with E-state index in [-0.39, 0.29) is 26.6 Å². The fourth-order valence-corrected chi connectivity index (χ4v) is 9.19. The highest BCUT2D eigenvalue weighted by molar-refractivity contribution is 7.89. The van der Waals surface area contributed by atoms with Crippen LogP contribution in [-0.4, -0.2) is 71.6 Å². The van der Waals surface area contributed by atoms with Crippen LogP contribution in [0.2, 0.25) is 0 Å². The summed E-state index contributed by atoms with van der Waals surface area (Å²) in [5, 5.41) is 13.2. The lowest BCUT2D eigenvalue weighted by Gasteiger charge is -2.31. The molecule has 0 aliphatic heterocycles. The van der Waals surface area contributed by atoms with Crippen molar-refractivity contribution in [1.82, 2.24) is 19.0 Å². The van der Waals surface area contributed by atoms with E-state index in [1.807, 2.05) is 20.8 Å². The third kappa shape index (κ3) is 9.56. The molecule has 0 saturated carbocycles. The van der Waals surface area contributed by atoms with Crippen LogP contribution in [0.1, 0.15) is 72.4 Å². The molecule has 15 heteroatoms. The monoisotopic (exact) mass is 784 g/mol. The molecule has 288 valence electrons. The van der Waals surface area contributed by atoms with Gasteiger partial charge in [-0.15, -0.1) is 11.3 Å². The molecule has 0 unspecified atom stereocenters. The summed E-state index contributed by atoms with van der Waals surface area (Å²) in [6.45, 7) is 5.04. The summed E-state index contributed by atoms with van der Waals surface area (Å²) in [5.74, 6) is -4.05. The molecule has 54 heavy (non-hydrogen) atoms. The topological polar surface area (TPSA) is 130 Å². The standard InChI is InChI=1S/C39H43F3N4O6S2/c1-38(2,3)19-21-46(54(50,51)28-15-18-34-43-20-22-45(34)24-28)30(25-47)33-17-16-32(53-33)29(39(40,41)42)23-31(48)36(44-37(49)52-4)35(26-11-7-5-8-12-26)27-13-9-6-10-14-27/h5-18,20,22,24,29-30,35-36,47H,19,21,23,25H2,1-4H3,(H,44,49)/t29-,30-,36-/m1/s1. The van der Waals surface area contributed by atoms with Crippen LogP contribution in [0, 0.1) is 5.41 Å². The highest BCUT2D eigenvalue weighted by Crippen LogP contribution is 2.44. The number of alkyl carbamates (subject to hydrolysis) is 1. The summed E-state index contributed by atoms with van der Waals surface area (Å²) in [6.07, 6.45) is -2.03. The number of fused-ring (bicyclic) bond motifs is 1. The van der Waals surface area contributed by atoms with E-state index in [0.717, 1.165) is 11.4 Å². The van der Waals surface area contributed by atoms with E-state index < -0.39 is 65.0 Å². The number of amides is 1. The molecule has 0 saturated heterocycles. The molecular formula is C39H43F3N4O6S2. The van der Waals surface area contributed by atoms with Gasteiger partial charge in [0.2, 0.25) is 10.0 Å². The summed E-state index contributed by atoms with van der Waals surface area (Å²) in [7, 11) is -3.20. The fourth-order valence-electron chi connectivity index (χ4n) is 6.27. The zero-order chi connectivity index (χ0) is 39.3. The van der Waals surface area contributed by atoms with Crippen LogP contribution in [-0.2, 0) is 19.6 Å². The molecular weight excluding hydrogens is 742 g/mol. The van der Waals surface area contributed by atoms with E-state index >= 15 is 0 Å². The Balaban J connectivity index is 1.52. The quantitative estimate of drug-likeness (QED) is 0.111. The predicted octanol–water partition coefficient (Wildman–Crippen LogP) is 7.72. The number of ether oxygens (including phenoxy) is 1. The molecule has 0 radical (unpaired) electrons. The SMILES string of the molecule is COC(=O)N[C@H](C(=O)C[C@H](c1ccc([C@@H](CO)N(CCC(C)(C)C)S(=O)(=O)c2ccc3nccn3c2)s1)C(F)(F)F)C(c1ccccc1)c1ccccc1. The van der Waals surface area contributed by atoms with E-state index in [1.165, 1.54) is 30.6 Å². The Morgan fingerprint density at radius 3 is 2.11 bits per heavy atom. The van der Waals surface area contributed by atoms with E-state index in [4.69, 9.17) is 4.74 Å². The van der Waals surface area contributed by atoms with E-state index in [1.54, 1.807) is 77.3 Å². The van der Waals surface area contributed by atoms with Crippen molar-refractivity contribution in [2.24, 2.45) is 5.41 Å². The molecule has 0 bridgehead atoms. The van der Waals surface area contributed by atoms with Crippen molar-refractivity contribution >= 4 is 38.9 Å². The van der Waals surface area contributed by atoms with Crippen LogP contribution in [0.3, 0.4) is 0 Å². The van der Waals surface area contributed by atoms with Crippen molar-refractivity contribution in [3.63, 3.8) is 0 Å². The summed E-state index contributed by atoms with van der Waals surface area (Å²) in [5.41, 5.74) is 1.38. The smallest absolute Gasteiger partial charge is 0.407 e. The molecule has 5 rings (SSSR count). The lowest BCUT2D eigenvalue weighted by atomic mass is 9.81. The van der Waals surface area contributed by atoms with Gasteiger partial charge in [0, 0.05) is 47.2 Å². The van der Waals surface area contributed by atoms with E-state index in [2.05, 4.69) is 10.3 Å². The Labute approximate surface area is 316 Å². The number of halogens is 3. The van der Waals surface area contributed by atoms with Gasteiger partial charge < -0.3 is 19.6 Å². The lowest BCUT2D eigenvalue weighted by Crippen LogP contribution is -2.46. The number of rotatable bonds is 15. The van der Waals surface area contributed by atoms with Crippen molar-refractivity contribution in [1.29, 1.82) is 0 Å². The molecule has 1 amide bonds. The third-order valence-corrected chi connectivity index (χ3v) is 12.3. The van der Waals surface area contributed by atoms with Crippen LogP contribution >= 0.6 is 11.3 Å². The van der Waals surface area contributed by atoms with Gasteiger partial charge in [0.15, 0.2) is 5.78 Å². The van der Waals surface area contributed by atoms with Gasteiger partial charge in [-0.1, -0.05) is 81.4 Å². The van der Waals surface area contributed by atoms with Crippen LogP contribution in [0.4, 0.5) is 18.0 Å². The number of imidazole rings is 1. The number of Topliss-reactive ketones (excluding diaryl/α,β-unsaturated/α-hetero) is 1. The molecule has 2 aromatic carbocycles. The predicted molar refractivity (Wildman–Crippen MR) is 200 cm³/mol. The van der Waals surface area contributed by atoms with Gasteiger partial charge in [0.1, 0.15) is 11.7 Å². The number of ketones is 1. The fraction of sp³-hybridized carbons (Fsp3) is 0.359. The van der Waals surface area contributed by atoms with Gasteiger partial charge in [0.25, 0.3) is 0 Å². The first-order valence-corrected chi connectivity index (χ1v) is 19.5. The third-order valence-electron chi connectivity index (χ3n) is 9.15. The molecule has 5 aromatic rings. The summed E-state index contributed by atoms with van der Waals surface area (Å²) >= 11 is 0.685. The maximum Gasteiger partial charge on any atom is 0.407 e. The second-order valence-corrected chi connectivity index (χ2v) is 17.1. The van der Waals surface area contributed by atoms with Crippen molar-refractivity contribution in [2.45, 2.75) is 68.6 Å². The number of aliphatic hydroxyl groups excluding tert-OH is 1. The number of aliphatic hydroxyl groups is 1. The van der Waals surface area contributed by atoms with Gasteiger partial charge in [-0.25, -0.2) is 18.2 Å². The van der Waals surface area contributed by atoms with Gasteiger partial charge in [-0.05, 0) is 47.2 Å². The first-order valence-electron chi connectivity index (χ1n) is 17.2. The Bertz CT molecular complexity index is 2090. The largest absolute Gasteiger partial charge is 0.453 e. The van der Waals surface area contributed by atoms with Gasteiger partial charge in [-0.2, -0.15) is 17.5 Å². The summed E-state index contributed by atoms with van der Waals surface area (Å²) in [6, 6.07) is 20.2. The Kier molecular flexibility index (Phi) is 12.7. The van der Waals surface area contributed by atoms with Crippen molar-refractivity contribution in [2.75, 3.05) is 20.3 Å². The van der Waals surface area contributed by atoms with Crippen molar-refractivity contribution < 1.29 is 41.0 Å². The number of alkyl halides is 3. The Morgan fingerprint density at radius 2 is 1.56 bits per heavy atom.